The summed E-state index contributed by atoms with van der Waals surface area (Å²) in [4.78, 5) is 11.6. The van der Waals surface area contributed by atoms with Gasteiger partial charge in [0, 0.05) is 6.61 Å². The van der Waals surface area contributed by atoms with Crippen molar-refractivity contribution in [2.75, 3.05) is 34.0 Å². The molecule has 0 aliphatic carbocycles. The van der Waals surface area contributed by atoms with Crippen molar-refractivity contribution in [1.29, 1.82) is 0 Å². The maximum atomic E-state index is 11.6. The zero-order chi connectivity index (χ0) is 14.9. The average molecular weight is 275 g/mol. The Morgan fingerprint density at radius 2 is 1.74 bits per heavy atom. The predicted molar refractivity (Wildman–Crippen MR) is 75.2 cm³/mol. The molecule has 0 aromatic carbocycles. The van der Waals surface area contributed by atoms with E-state index in [-0.39, 0.29) is 11.6 Å². The largest absolute Gasteiger partial charge is 0.468 e. The van der Waals surface area contributed by atoms with Gasteiger partial charge >= 0.3 is 5.97 Å². The Balaban J connectivity index is 3.71. The quantitative estimate of drug-likeness (QED) is 0.513. The molecule has 0 amide bonds. The van der Waals surface area contributed by atoms with E-state index >= 15 is 0 Å². The van der Waals surface area contributed by atoms with Crippen LogP contribution < -0.4 is 5.32 Å². The molecule has 5 heteroatoms. The molecule has 0 aliphatic rings. The summed E-state index contributed by atoms with van der Waals surface area (Å²) >= 11 is 0. The van der Waals surface area contributed by atoms with Crippen LogP contribution >= 0.6 is 0 Å². The fourth-order valence-electron chi connectivity index (χ4n) is 1.59. The number of likely N-dealkylation sites (N-methyl/N-ethyl adjacent to an activating group) is 1. The third kappa shape index (κ3) is 8.18. The summed E-state index contributed by atoms with van der Waals surface area (Å²) in [5.74, 6) is -0.244. The zero-order valence-electron chi connectivity index (χ0n) is 13.2. The Hall–Kier alpha value is -0.650. The van der Waals surface area contributed by atoms with Crippen LogP contribution in [0.1, 0.15) is 40.5 Å². The fraction of sp³-hybridized carbons (Fsp3) is 0.929. The lowest BCUT2D eigenvalue weighted by atomic mass is 9.96. The van der Waals surface area contributed by atoms with E-state index in [9.17, 15) is 4.79 Å². The number of esters is 1. The van der Waals surface area contributed by atoms with Crippen molar-refractivity contribution in [2.24, 2.45) is 0 Å². The van der Waals surface area contributed by atoms with Crippen LogP contribution in [0.4, 0.5) is 0 Å². The molecule has 0 aromatic rings. The molecule has 0 heterocycles. The average Bonchev–Trinajstić information content (AvgIpc) is 2.34. The van der Waals surface area contributed by atoms with Crippen LogP contribution in [0.5, 0.6) is 0 Å². The van der Waals surface area contributed by atoms with Gasteiger partial charge in [-0.25, -0.2) is 0 Å². The van der Waals surface area contributed by atoms with Gasteiger partial charge in [0.05, 0.1) is 25.9 Å². The van der Waals surface area contributed by atoms with E-state index in [2.05, 4.69) is 5.32 Å². The van der Waals surface area contributed by atoms with Gasteiger partial charge in [-0.05, 0) is 47.6 Å². The van der Waals surface area contributed by atoms with Crippen molar-refractivity contribution in [3.63, 3.8) is 0 Å². The van der Waals surface area contributed by atoms with E-state index in [4.69, 9.17) is 14.2 Å². The summed E-state index contributed by atoms with van der Waals surface area (Å²) in [5, 5.41) is 3.00. The molecule has 114 valence electrons. The first-order valence-electron chi connectivity index (χ1n) is 6.74. The number of carbonyl (C=O) groups excluding carboxylic acids is 1. The lowest BCUT2D eigenvalue weighted by molar-refractivity contribution is -0.148. The highest BCUT2D eigenvalue weighted by atomic mass is 16.5. The molecule has 5 nitrogen and oxygen atoms in total. The van der Waals surface area contributed by atoms with Crippen molar-refractivity contribution >= 4 is 5.97 Å². The van der Waals surface area contributed by atoms with E-state index in [1.165, 1.54) is 7.11 Å². The Kier molecular flexibility index (Phi) is 8.22. The molecule has 0 saturated heterocycles. The summed E-state index contributed by atoms with van der Waals surface area (Å²) in [6.45, 7) is 9.66. The van der Waals surface area contributed by atoms with Gasteiger partial charge < -0.3 is 19.5 Å². The van der Waals surface area contributed by atoms with E-state index < -0.39 is 5.54 Å². The van der Waals surface area contributed by atoms with Crippen molar-refractivity contribution in [3.8, 4) is 0 Å². The highest BCUT2D eigenvalue weighted by molar-refractivity contribution is 5.80. The Bertz CT molecular complexity index is 263. The van der Waals surface area contributed by atoms with Crippen molar-refractivity contribution < 1.29 is 19.0 Å². The van der Waals surface area contributed by atoms with E-state index in [0.717, 1.165) is 6.42 Å². The topological polar surface area (TPSA) is 56.8 Å². The fourth-order valence-corrected chi connectivity index (χ4v) is 1.59. The summed E-state index contributed by atoms with van der Waals surface area (Å²) in [6.07, 6.45) is 1.47. The second-order valence-electron chi connectivity index (χ2n) is 5.75. The van der Waals surface area contributed by atoms with Crippen LogP contribution in [0.15, 0.2) is 0 Å². The lowest BCUT2D eigenvalue weighted by Gasteiger charge is -2.26. The first kappa shape index (κ1) is 18.4. The molecule has 0 rings (SSSR count). The van der Waals surface area contributed by atoms with Gasteiger partial charge in [0.15, 0.2) is 0 Å². The number of nitrogens with one attached hydrogen (secondary N) is 1. The van der Waals surface area contributed by atoms with Gasteiger partial charge in [-0.3, -0.25) is 4.79 Å². The first-order chi connectivity index (χ1) is 8.75. The summed E-state index contributed by atoms with van der Waals surface area (Å²) in [6, 6.07) is 0. The number of rotatable bonds is 9. The minimum atomic E-state index is -0.639. The predicted octanol–water partition coefficient (Wildman–Crippen LogP) is 1.75. The zero-order valence-corrected chi connectivity index (χ0v) is 13.2. The van der Waals surface area contributed by atoms with Crippen LogP contribution in [-0.2, 0) is 19.0 Å². The maximum Gasteiger partial charge on any atom is 0.325 e. The third-order valence-corrected chi connectivity index (χ3v) is 2.92. The van der Waals surface area contributed by atoms with Gasteiger partial charge in [0.2, 0.25) is 0 Å². The van der Waals surface area contributed by atoms with Crippen LogP contribution in [0.3, 0.4) is 0 Å². The highest BCUT2D eigenvalue weighted by Crippen LogP contribution is 2.13. The number of ether oxygens (including phenoxy) is 3. The monoisotopic (exact) mass is 275 g/mol. The van der Waals surface area contributed by atoms with Gasteiger partial charge in [-0.15, -0.1) is 0 Å². The van der Waals surface area contributed by atoms with Crippen LogP contribution in [0.2, 0.25) is 0 Å². The molecule has 1 atom stereocenters. The molecule has 19 heavy (non-hydrogen) atoms. The molecule has 0 aromatic heterocycles. The molecule has 0 aliphatic heterocycles. The van der Waals surface area contributed by atoms with Crippen molar-refractivity contribution in [1.82, 2.24) is 5.32 Å². The van der Waals surface area contributed by atoms with Crippen LogP contribution in [-0.4, -0.2) is 51.1 Å². The molecule has 0 fully saturated rings. The number of hydrogen-bond donors (Lipinski definition) is 1. The van der Waals surface area contributed by atoms with E-state index in [1.807, 2.05) is 27.7 Å². The summed E-state index contributed by atoms with van der Waals surface area (Å²) in [7, 11) is 3.16. The maximum absolute atomic E-state index is 11.6. The summed E-state index contributed by atoms with van der Waals surface area (Å²) < 4.78 is 15.8. The minimum Gasteiger partial charge on any atom is -0.468 e. The molecule has 0 bridgehead atoms. The molecule has 1 unspecified atom stereocenters. The molecule has 1 N–H and O–H groups in total. The van der Waals surface area contributed by atoms with Gasteiger partial charge in [-0.1, -0.05) is 0 Å². The smallest absolute Gasteiger partial charge is 0.325 e. The van der Waals surface area contributed by atoms with E-state index in [0.29, 0.717) is 26.2 Å². The third-order valence-electron chi connectivity index (χ3n) is 2.92. The lowest BCUT2D eigenvalue weighted by Crippen LogP contribution is -2.48. The molecular weight excluding hydrogens is 246 g/mol. The molecular formula is C14H29NO4. The standard InChI is InChI=1S/C14H29NO4/c1-13(2,3)19-11-10-18-9-7-8-14(4,15-5)12(16)17-6/h15H,7-11H2,1-6H3. The minimum absolute atomic E-state index is 0.126. The van der Waals surface area contributed by atoms with Gasteiger partial charge in [0.25, 0.3) is 0 Å². The van der Waals surface area contributed by atoms with E-state index in [1.54, 1.807) is 7.05 Å². The molecule has 0 saturated carbocycles. The second kappa shape index (κ2) is 8.51. The summed E-state index contributed by atoms with van der Waals surface area (Å²) in [5.41, 5.74) is -0.765. The van der Waals surface area contributed by atoms with Crippen molar-refractivity contribution in [2.45, 2.75) is 51.7 Å². The Morgan fingerprint density at radius 3 is 2.21 bits per heavy atom. The molecule has 0 radical (unpaired) electrons. The van der Waals surface area contributed by atoms with Gasteiger partial charge in [0.1, 0.15) is 5.54 Å². The SMILES string of the molecule is CNC(C)(CCCOCCOC(C)(C)C)C(=O)OC. The number of methoxy groups -OCH3 is 1. The first-order valence-corrected chi connectivity index (χ1v) is 6.74. The number of carbonyl (C=O) groups is 1. The Labute approximate surface area is 117 Å². The number of hydrogen-bond acceptors (Lipinski definition) is 5. The molecule has 0 spiro atoms. The van der Waals surface area contributed by atoms with Gasteiger partial charge in [-0.2, -0.15) is 0 Å². The van der Waals surface area contributed by atoms with Crippen LogP contribution in [0.25, 0.3) is 0 Å². The van der Waals surface area contributed by atoms with Crippen molar-refractivity contribution in [3.05, 3.63) is 0 Å². The highest BCUT2D eigenvalue weighted by Gasteiger charge is 2.31. The second-order valence-corrected chi connectivity index (χ2v) is 5.75. The Morgan fingerprint density at radius 1 is 1.11 bits per heavy atom. The normalized spacial score (nSPS) is 15.1. The van der Waals surface area contributed by atoms with Crippen LogP contribution in [0, 0.1) is 0 Å².